The minimum absolute atomic E-state index is 0.257. The Balaban J connectivity index is 1.17. The number of rotatable bonds is 12. The molecule has 1 saturated heterocycles. The van der Waals surface area contributed by atoms with Gasteiger partial charge in [0.2, 0.25) is 5.95 Å². The fourth-order valence-corrected chi connectivity index (χ4v) is 5.62. The highest BCUT2D eigenvalue weighted by Gasteiger charge is 2.23. The molecule has 1 saturated carbocycles. The number of amides is 1. The number of unbranched alkanes of at least 4 members (excludes halogenated alkanes) is 3. The number of piperazine rings is 1. The Morgan fingerprint density at radius 1 is 0.974 bits per heavy atom. The number of nitrogens with zero attached hydrogens (tertiary/aromatic N) is 4. The van der Waals surface area contributed by atoms with E-state index in [0.29, 0.717) is 51.1 Å². The number of benzene rings is 1. The second-order valence-corrected chi connectivity index (χ2v) is 10.8. The van der Waals surface area contributed by atoms with Gasteiger partial charge in [-0.15, -0.1) is 0 Å². The van der Waals surface area contributed by atoms with Gasteiger partial charge < -0.3 is 25.6 Å². The van der Waals surface area contributed by atoms with Crippen LogP contribution in [0.4, 0.5) is 22.4 Å². The van der Waals surface area contributed by atoms with Gasteiger partial charge in [-0.25, -0.2) is 4.79 Å². The minimum Gasteiger partial charge on any atom is -0.450 e. The molecule has 0 spiro atoms. The molecule has 208 valence electrons. The maximum absolute atomic E-state index is 12.0. The molecule has 2 heterocycles. The van der Waals surface area contributed by atoms with Crippen molar-refractivity contribution in [2.45, 2.75) is 84.1 Å². The summed E-state index contributed by atoms with van der Waals surface area (Å²) in [6, 6.07) is 10.7. The molecule has 1 amide bonds. The van der Waals surface area contributed by atoms with Gasteiger partial charge in [-0.2, -0.15) is 9.97 Å². The average Bonchev–Trinajstić information content (AvgIpc) is 2.95. The normalized spacial score (nSPS) is 16.4. The van der Waals surface area contributed by atoms with Gasteiger partial charge in [-0.05, 0) is 36.8 Å². The number of nitrogen functional groups attached to an aromatic ring is 1. The number of carbonyl (C=O) groups is 1. The molecule has 1 aliphatic carbocycles. The maximum atomic E-state index is 12.0. The number of aromatic nitrogens is 2. The molecule has 4 rings (SSSR count). The first-order valence-electron chi connectivity index (χ1n) is 14.7. The SMILES string of the molecule is CCOC(=O)N1CCN(c2cc(N)nc(NCc3ccc(CCCCCCC4CCCCC4)cc3)n2)CC1. The van der Waals surface area contributed by atoms with Crippen LogP contribution in [0.1, 0.15) is 82.3 Å². The predicted molar refractivity (Wildman–Crippen MR) is 154 cm³/mol. The Morgan fingerprint density at radius 2 is 1.68 bits per heavy atom. The Morgan fingerprint density at radius 3 is 2.42 bits per heavy atom. The summed E-state index contributed by atoms with van der Waals surface area (Å²) >= 11 is 0. The van der Waals surface area contributed by atoms with Crippen LogP contribution in [0.2, 0.25) is 0 Å². The third-order valence-electron chi connectivity index (χ3n) is 7.89. The van der Waals surface area contributed by atoms with Gasteiger partial charge >= 0.3 is 6.09 Å². The van der Waals surface area contributed by atoms with Gasteiger partial charge in [0, 0.05) is 38.8 Å². The van der Waals surface area contributed by atoms with Crippen LogP contribution in [-0.4, -0.2) is 53.7 Å². The fourth-order valence-electron chi connectivity index (χ4n) is 5.62. The number of nitrogens with one attached hydrogen (secondary N) is 1. The fraction of sp³-hybridized carbons (Fsp3) is 0.633. The predicted octanol–water partition coefficient (Wildman–Crippen LogP) is 6.02. The Hall–Kier alpha value is -3.03. The molecule has 1 aliphatic heterocycles. The molecule has 0 radical (unpaired) electrons. The lowest BCUT2D eigenvalue weighted by Crippen LogP contribution is -2.49. The molecule has 1 aromatic carbocycles. The van der Waals surface area contributed by atoms with Crippen LogP contribution in [0.25, 0.3) is 0 Å². The van der Waals surface area contributed by atoms with E-state index in [1.165, 1.54) is 75.3 Å². The lowest BCUT2D eigenvalue weighted by atomic mass is 9.85. The van der Waals surface area contributed by atoms with Crippen molar-refractivity contribution >= 4 is 23.7 Å². The summed E-state index contributed by atoms with van der Waals surface area (Å²) in [5, 5.41) is 3.32. The molecule has 8 nitrogen and oxygen atoms in total. The molecule has 0 atom stereocenters. The summed E-state index contributed by atoms with van der Waals surface area (Å²) < 4.78 is 5.11. The molecule has 1 aromatic heterocycles. The summed E-state index contributed by atoms with van der Waals surface area (Å²) in [5.41, 5.74) is 8.68. The van der Waals surface area contributed by atoms with Crippen molar-refractivity contribution in [3.63, 3.8) is 0 Å². The first-order valence-corrected chi connectivity index (χ1v) is 14.7. The van der Waals surface area contributed by atoms with Crippen LogP contribution < -0.4 is 16.0 Å². The van der Waals surface area contributed by atoms with E-state index in [1.54, 1.807) is 11.0 Å². The summed E-state index contributed by atoms with van der Waals surface area (Å²) in [6.07, 6.45) is 15.1. The van der Waals surface area contributed by atoms with E-state index in [9.17, 15) is 4.79 Å². The van der Waals surface area contributed by atoms with Gasteiger partial charge in [-0.3, -0.25) is 0 Å². The maximum Gasteiger partial charge on any atom is 0.409 e. The molecular formula is C30H46N6O2. The van der Waals surface area contributed by atoms with E-state index in [0.717, 1.165) is 18.2 Å². The van der Waals surface area contributed by atoms with Crippen LogP contribution in [0, 0.1) is 5.92 Å². The first kappa shape index (κ1) is 28.0. The van der Waals surface area contributed by atoms with Crippen molar-refractivity contribution in [3.8, 4) is 0 Å². The van der Waals surface area contributed by atoms with E-state index in [2.05, 4.69) is 44.5 Å². The summed E-state index contributed by atoms with van der Waals surface area (Å²) in [5.74, 6) is 2.74. The largest absolute Gasteiger partial charge is 0.450 e. The van der Waals surface area contributed by atoms with Crippen molar-refractivity contribution < 1.29 is 9.53 Å². The van der Waals surface area contributed by atoms with Gasteiger partial charge in [0.25, 0.3) is 0 Å². The third-order valence-corrected chi connectivity index (χ3v) is 7.89. The Bertz CT molecular complexity index is 985. The van der Waals surface area contributed by atoms with Crippen LogP contribution >= 0.6 is 0 Å². The second-order valence-electron chi connectivity index (χ2n) is 10.8. The average molecular weight is 523 g/mol. The lowest BCUT2D eigenvalue weighted by molar-refractivity contribution is 0.105. The number of hydrogen-bond acceptors (Lipinski definition) is 7. The highest BCUT2D eigenvalue weighted by Crippen LogP contribution is 2.28. The van der Waals surface area contributed by atoms with Crippen LogP contribution in [0.15, 0.2) is 30.3 Å². The first-order chi connectivity index (χ1) is 18.6. The van der Waals surface area contributed by atoms with E-state index in [-0.39, 0.29) is 6.09 Å². The summed E-state index contributed by atoms with van der Waals surface area (Å²) in [6.45, 7) is 5.39. The van der Waals surface area contributed by atoms with Gasteiger partial charge in [0.15, 0.2) is 0 Å². The molecule has 0 unspecified atom stereocenters. The smallest absolute Gasteiger partial charge is 0.409 e. The highest BCUT2D eigenvalue weighted by atomic mass is 16.6. The number of carbonyl (C=O) groups excluding carboxylic acids is 1. The van der Waals surface area contributed by atoms with E-state index < -0.39 is 0 Å². The summed E-state index contributed by atoms with van der Waals surface area (Å²) in [7, 11) is 0. The Kier molecular flexibility index (Phi) is 10.9. The Labute approximate surface area is 228 Å². The van der Waals surface area contributed by atoms with E-state index in [1.807, 2.05) is 6.92 Å². The third kappa shape index (κ3) is 8.77. The molecule has 2 fully saturated rings. The number of hydrogen-bond donors (Lipinski definition) is 2. The van der Waals surface area contributed by atoms with Crippen molar-refractivity contribution in [2.24, 2.45) is 5.92 Å². The quantitative estimate of drug-likeness (QED) is 0.329. The molecule has 38 heavy (non-hydrogen) atoms. The zero-order chi connectivity index (χ0) is 26.6. The lowest BCUT2D eigenvalue weighted by Gasteiger charge is -2.34. The van der Waals surface area contributed by atoms with Gasteiger partial charge in [-0.1, -0.05) is 82.1 Å². The molecule has 2 aromatic rings. The second kappa shape index (κ2) is 14.8. The topological polar surface area (TPSA) is 96.6 Å². The van der Waals surface area contributed by atoms with Crippen molar-refractivity contribution in [2.75, 3.05) is 48.7 Å². The highest BCUT2D eigenvalue weighted by molar-refractivity contribution is 5.68. The number of aryl methyl sites for hydroxylation is 1. The standard InChI is InChI=1S/C30H46N6O2/c1-2-38-30(37)36-20-18-35(19-21-36)28-22-27(31)33-29(34-28)32-23-26-16-14-25(15-17-26)13-7-4-3-6-10-24-11-8-5-9-12-24/h14-17,22,24H,2-13,18-21,23H2,1H3,(H3,31,32,33,34). The van der Waals surface area contributed by atoms with Gasteiger partial charge in [0.05, 0.1) is 6.61 Å². The number of anilines is 3. The molecule has 8 heteroatoms. The van der Waals surface area contributed by atoms with Crippen LogP contribution in [0.5, 0.6) is 0 Å². The van der Waals surface area contributed by atoms with Crippen molar-refractivity contribution in [1.29, 1.82) is 0 Å². The number of nitrogens with two attached hydrogens (primary N) is 1. The molecule has 0 bridgehead atoms. The minimum atomic E-state index is -0.257. The summed E-state index contributed by atoms with van der Waals surface area (Å²) in [4.78, 5) is 24.9. The van der Waals surface area contributed by atoms with E-state index >= 15 is 0 Å². The molecule has 2 aliphatic rings. The zero-order valence-corrected chi connectivity index (χ0v) is 23.2. The van der Waals surface area contributed by atoms with Crippen molar-refractivity contribution in [3.05, 3.63) is 41.5 Å². The van der Waals surface area contributed by atoms with Crippen LogP contribution in [0.3, 0.4) is 0 Å². The van der Waals surface area contributed by atoms with E-state index in [4.69, 9.17) is 10.5 Å². The molecular weight excluding hydrogens is 476 g/mol. The monoisotopic (exact) mass is 522 g/mol. The molecule has 3 N–H and O–H groups in total. The van der Waals surface area contributed by atoms with Crippen molar-refractivity contribution in [1.82, 2.24) is 14.9 Å². The van der Waals surface area contributed by atoms with Gasteiger partial charge in [0.1, 0.15) is 11.6 Å². The van der Waals surface area contributed by atoms with Crippen LogP contribution in [-0.2, 0) is 17.7 Å². The zero-order valence-electron chi connectivity index (χ0n) is 23.2. The number of ether oxygens (including phenoxy) is 1.